The van der Waals surface area contributed by atoms with E-state index in [9.17, 15) is 4.39 Å². The Balaban J connectivity index is 1.99. The molecule has 130 valence electrons. The van der Waals surface area contributed by atoms with Crippen LogP contribution in [-0.2, 0) is 6.54 Å². The van der Waals surface area contributed by atoms with Gasteiger partial charge in [0.05, 0.1) is 17.8 Å². The molecule has 0 spiro atoms. The predicted octanol–water partition coefficient (Wildman–Crippen LogP) is 4.64. The Morgan fingerprint density at radius 1 is 1.50 bits per heavy atom. The molecule has 1 aliphatic heterocycles. The van der Waals surface area contributed by atoms with E-state index in [2.05, 4.69) is 22.1 Å². The number of thiazole rings is 1. The SMILES string of the molecule is CNc1nc(-c2cc(F)c(OC)c(Cl)c2)c(CN2CCCC2C)s1. The molecule has 1 saturated heterocycles. The fourth-order valence-corrected chi connectivity index (χ4v) is 4.34. The molecule has 1 aromatic carbocycles. The summed E-state index contributed by atoms with van der Waals surface area (Å²) < 4.78 is 19.2. The van der Waals surface area contributed by atoms with Crippen molar-refractivity contribution in [2.75, 3.05) is 26.0 Å². The van der Waals surface area contributed by atoms with E-state index in [1.807, 2.05) is 7.05 Å². The summed E-state index contributed by atoms with van der Waals surface area (Å²) in [6.07, 6.45) is 2.44. The van der Waals surface area contributed by atoms with Crippen LogP contribution in [0.2, 0.25) is 5.02 Å². The molecule has 3 rings (SSSR count). The zero-order valence-electron chi connectivity index (χ0n) is 14.0. The maximum absolute atomic E-state index is 14.2. The van der Waals surface area contributed by atoms with Gasteiger partial charge in [0.15, 0.2) is 16.7 Å². The van der Waals surface area contributed by atoms with Gasteiger partial charge in [-0.3, -0.25) is 4.90 Å². The van der Waals surface area contributed by atoms with E-state index in [0.29, 0.717) is 11.6 Å². The molecular weight excluding hydrogens is 349 g/mol. The van der Waals surface area contributed by atoms with Gasteiger partial charge in [0.2, 0.25) is 0 Å². The number of aromatic nitrogens is 1. The van der Waals surface area contributed by atoms with Crippen molar-refractivity contribution in [1.82, 2.24) is 9.88 Å². The summed E-state index contributed by atoms with van der Waals surface area (Å²) >= 11 is 7.76. The zero-order chi connectivity index (χ0) is 17.3. The minimum absolute atomic E-state index is 0.0687. The number of likely N-dealkylation sites (tertiary alicyclic amines) is 1. The monoisotopic (exact) mass is 369 g/mol. The highest BCUT2D eigenvalue weighted by molar-refractivity contribution is 7.16. The molecule has 0 amide bonds. The minimum Gasteiger partial charge on any atom is -0.492 e. The van der Waals surface area contributed by atoms with Crippen LogP contribution >= 0.6 is 22.9 Å². The molecule has 1 aromatic heterocycles. The third-order valence-corrected chi connectivity index (χ3v) is 5.76. The molecule has 1 atom stereocenters. The average Bonchev–Trinajstić information content (AvgIpc) is 3.14. The summed E-state index contributed by atoms with van der Waals surface area (Å²) in [5.41, 5.74) is 1.46. The van der Waals surface area contributed by atoms with Crippen LogP contribution in [0.5, 0.6) is 5.75 Å². The lowest BCUT2D eigenvalue weighted by Crippen LogP contribution is -2.25. The zero-order valence-corrected chi connectivity index (χ0v) is 15.6. The van der Waals surface area contributed by atoms with Crippen molar-refractivity contribution in [3.8, 4) is 17.0 Å². The van der Waals surface area contributed by atoms with E-state index >= 15 is 0 Å². The summed E-state index contributed by atoms with van der Waals surface area (Å²) in [5, 5.41) is 4.16. The van der Waals surface area contributed by atoms with E-state index in [1.165, 1.54) is 26.0 Å². The molecule has 7 heteroatoms. The van der Waals surface area contributed by atoms with Crippen LogP contribution in [0.3, 0.4) is 0 Å². The van der Waals surface area contributed by atoms with Crippen molar-refractivity contribution < 1.29 is 9.13 Å². The number of nitrogens with zero attached hydrogens (tertiary/aromatic N) is 2. The van der Waals surface area contributed by atoms with Crippen LogP contribution in [0.4, 0.5) is 9.52 Å². The Hall–Kier alpha value is -1.37. The van der Waals surface area contributed by atoms with Crippen LogP contribution < -0.4 is 10.1 Å². The van der Waals surface area contributed by atoms with Crippen molar-refractivity contribution >= 4 is 28.1 Å². The first kappa shape index (κ1) is 17.5. The number of methoxy groups -OCH3 is 1. The van der Waals surface area contributed by atoms with Gasteiger partial charge in [-0.05, 0) is 38.4 Å². The summed E-state index contributed by atoms with van der Waals surface area (Å²) in [6.45, 7) is 4.16. The quantitative estimate of drug-likeness (QED) is 0.833. The molecule has 24 heavy (non-hydrogen) atoms. The molecule has 2 aromatic rings. The number of benzene rings is 1. The average molecular weight is 370 g/mol. The first-order valence-electron chi connectivity index (χ1n) is 7.98. The Morgan fingerprint density at radius 2 is 2.29 bits per heavy atom. The van der Waals surface area contributed by atoms with Crippen LogP contribution in [0.1, 0.15) is 24.6 Å². The van der Waals surface area contributed by atoms with Crippen LogP contribution in [-0.4, -0.2) is 36.6 Å². The van der Waals surface area contributed by atoms with E-state index in [4.69, 9.17) is 16.3 Å². The number of rotatable bonds is 5. The smallest absolute Gasteiger partial charge is 0.183 e. The largest absolute Gasteiger partial charge is 0.492 e. The fraction of sp³-hybridized carbons (Fsp3) is 0.471. The maximum atomic E-state index is 14.2. The molecule has 1 N–H and O–H groups in total. The molecule has 0 aliphatic carbocycles. The lowest BCUT2D eigenvalue weighted by Gasteiger charge is -2.20. The Labute approximate surface area is 150 Å². The van der Waals surface area contributed by atoms with Gasteiger partial charge < -0.3 is 10.1 Å². The van der Waals surface area contributed by atoms with Crippen molar-refractivity contribution in [3.63, 3.8) is 0 Å². The molecule has 1 aliphatic rings. The molecule has 1 unspecified atom stereocenters. The van der Waals surface area contributed by atoms with Crippen LogP contribution in [0.15, 0.2) is 12.1 Å². The number of anilines is 1. The van der Waals surface area contributed by atoms with E-state index in [0.717, 1.165) is 28.8 Å². The Bertz CT molecular complexity index is 714. The highest BCUT2D eigenvalue weighted by Gasteiger charge is 2.24. The van der Waals surface area contributed by atoms with Gasteiger partial charge in [-0.2, -0.15) is 0 Å². The fourth-order valence-electron chi connectivity index (χ4n) is 3.10. The summed E-state index contributed by atoms with van der Waals surface area (Å²) in [6, 6.07) is 3.72. The number of ether oxygens (including phenoxy) is 1. The second-order valence-electron chi connectivity index (χ2n) is 5.98. The predicted molar refractivity (Wildman–Crippen MR) is 97.7 cm³/mol. The molecule has 0 bridgehead atoms. The highest BCUT2D eigenvalue weighted by Crippen LogP contribution is 2.38. The highest BCUT2D eigenvalue weighted by atomic mass is 35.5. The van der Waals surface area contributed by atoms with Crippen LogP contribution in [0.25, 0.3) is 11.3 Å². The Morgan fingerprint density at radius 3 is 2.88 bits per heavy atom. The number of hydrogen-bond acceptors (Lipinski definition) is 5. The van der Waals surface area contributed by atoms with Crippen molar-refractivity contribution in [3.05, 3.63) is 27.8 Å². The summed E-state index contributed by atoms with van der Waals surface area (Å²) in [4.78, 5) is 8.18. The van der Waals surface area contributed by atoms with E-state index in [-0.39, 0.29) is 10.8 Å². The first-order chi connectivity index (χ1) is 11.5. The molecule has 2 heterocycles. The second kappa shape index (κ2) is 7.25. The molecular formula is C17H21ClFN3OS. The lowest BCUT2D eigenvalue weighted by molar-refractivity contribution is 0.263. The molecule has 0 saturated carbocycles. The van der Waals surface area contributed by atoms with Crippen molar-refractivity contribution in [2.45, 2.75) is 32.4 Å². The van der Waals surface area contributed by atoms with Gasteiger partial charge in [0, 0.05) is 30.1 Å². The van der Waals surface area contributed by atoms with Gasteiger partial charge in [-0.25, -0.2) is 9.37 Å². The minimum atomic E-state index is -0.473. The third kappa shape index (κ3) is 3.36. The van der Waals surface area contributed by atoms with Gasteiger partial charge in [0.1, 0.15) is 0 Å². The number of hydrogen-bond donors (Lipinski definition) is 1. The first-order valence-corrected chi connectivity index (χ1v) is 9.17. The van der Waals surface area contributed by atoms with Crippen molar-refractivity contribution in [1.29, 1.82) is 0 Å². The summed E-state index contributed by atoms with van der Waals surface area (Å²) in [7, 11) is 3.25. The van der Waals surface area contributed by atoms with Gasteiger partial charge in [0.25, 0.3) is 0 Å². The topological polar surface area (TPSA) is 37.4 Å². The van der Waals surface area contributed by atoms with E-state index < -0.39 is 5.82 Å². The number of halogens is 2. The molecule has 1 fully saturated rings. The Kier molecular flexibility index (Phi) is 5.27. The van der Waals surface area contributed by atoms with Gasteiger partial charge in [-0.1, -0.05) is 11.6 Å². The summed E-state index contributed by atoms with van der Waals surface area (Å²) in [5.74, 6) is -0.404. The maximum Gasteiger partial charge on any atom is 0.183 e. The van der Waals surface area contributed by atoms with Gasteiger partial charge in [-0.15, -0.1) is 11.3 Å². The third-order valence-electron chi connectivity index (χ3n) is 4.42. The normalized spacial score (nSPS) is 18.1. The molecule has 4 nitrogen and oxygen atoms in total. The standard InChI is InChI=1S/C17H21ClFN3OS/c1-10-5-4-6-22(10)9-14-15(21-17(20-2)24-14)11-7-12(18)16(23-3)13(19)8-11/h7-8,10H,4-6,9H2,1-3H3,(H,20,21). The van der Waals surface area contributed by atoms with Crippen molar-refractivity contribution in [2.24, 2.45) is 0 Å². The lowest BCUT2D eigenvalue weighted by atomic mass is 10.1. The second-order valence-corrected chi connectivity index (χ2v) is 7.47. The molecule has 0 radical (unpaired) electrons. The number of nitrogens with one attached hydrogen (secondary N) is 1. The van der Waals surface area contributed by atoms with E-state index in [1.54, 1.807) is 17.4 Å². The van der Waals surface area contributed by atoms with Crippen LogP contribution in [0, 0.1) is 5.82 Å². The van der Waals surface area contributed by atoms with Gasteiger partial charge >= 0.3 is 0 Å².